The van der Waals surface area contributed by atoms with Crippen molar-refractivity contribution in [3.05, 3.63) is 21.5 Å². The lowest BCUT2D eigenvalue weighted by Gasteiger charge is -1.70. The van der Waals surface area contributed by atoms with Gasteiger partial charge in [0.05, 0.1) is 5.52 Å². The van der Waals surface area contributed by atoms with Crippen molar-refractivity contribution in [2.75, 3.05) is 0 Å². The van der Waals surface area contributed by atoms with Crippen molar-refractivity contribution < 1.29 is 4.42 Å². The minimum atomic E-state index is -0.374. The number of rotatable bonds is 0. The van der Waals surface area contributed by atoms with Crippen molar-refractivity contribution in [1.82, 2.24) is 4.98 Å². The Labute approximate surface area is 60.3 Å². The Morgan fingerprint density at radius 1 is 1.70 bits per heavy atom. The summed E-state index contributed by atoms with van der Waals surface area (Å²) >= 11 is 1.48. The molecule has 2 aromatic heterocycles. The Hall–Kier alpha value is -1.03. The van der Waals surface area contributed by atoms with Crippen LogP contribution in [0.4, 0.5) is 0 Å². The number of aromatic nitrogens is 1. The van der Waals surface area contributed by atoms with Gasteiger partial charge in [-0.15, -0.1) is 11.3 Å². The number of aromatic amines is 1. The smallest absolute Gasteiger partial charge is 0.397 e. The second kappa shape index (κ2) is 1.73. The summed E-state index contributed by atoms with van der Waals surface area (Å²) in [7, 11) is 0. The molecule has 0 atom stereocenters. The second-order valence-corrected chi connectivity index (χ2v) is 3.29. The van der Waals surface area contributed by atoms with Gasteiger partial charge in [0.25, 0.3) is 0 Å². The minimum absolute atomic E-state index is 0.374. The first-order chi connectivity index (χ1) is 4.75. The predicted molar refractivity (Wildman–Crippen MR) is 39.4 cm³/mol. The highest BCUT2D eigenvalue weighted by Gasteiger charge is 2.02. The van der Waals surface area contributed by atoms with Crippen LogP contribution in [0.25, 0.3) is 10.4 Å². The molecule has 0 fully saturated rings. The van der Waals surface area contributed by atoms with E-state index in [1.165, 1.54) is 11.3 Å². The molecule has 0 aliphatic rings. The maximum absolute atomic E-state index is 10.5. The van der Waals surface area contributed by atoms with E-state index in [1.807, 2.05) is 13.0 Å². The number of hydrogen-bond acceptors (Lipinski definition) is 3. The maximum atomic E-state index is 10.5. The Bertz CT molecular complexity index is 374. The normalized spacial score (nSPS) is 10.9. The fraction of sp³-hybridized carbons (Fsp3) is 0.167. The zero-order chi connectivity index (χ0) is 7.14. The van der Waals surface area contributed by atoms with Gasteiger partial charge in [0.1, 0.15) is 0 Å². The molecule has 0 aliphatic carbocycles. The predicted octanol–water partition coefficient (Wildman–Crippen LogP) is 1.49. The summed E-state index contributed by atoms with van der Waals surface area (Å²) < 4.78 is 4.80. The van der Waals surface area contributed by atoms with E-state index >= 15 is 0 Å². The van der Waals surface area contributed by atoms with E-state index in [2.05, 4.69) is 4.98 Å². The van der Waals surface area contributed by atoms with Crippen molar-refractivity contribution in [3.8, 4) is 0 Å². The van der Waals surface area contributed by atoms with Crippen LogP contribution in [0, 0.1) is 6.92 Å². The molecule has 0 radical (unpaired) electrons. The van der Waals surface area contributed by atoms with Gasteiger partial charge in [0.2, 0.25) is 4.90 Å². The van der Waals surface area contributed by atoms with Gasteiger partial charge in [-0.05, 0) is 13.0 Å². The average Bonchev–Trinajstić information content (AvgIpc) is 2.21. The third-order valence-corrected chi connectivity index (χ3v) is 2.17. The Balaban J connectivity index is 2.95. The zero-order valence-electron chi connectivity index (χ0n) is 5.30. The number of aryl methyl sites for hydroxylation is 1. The van der Waals surface area contributed by atoms with Gasteiger partial charge >= 0.3 is 5.76 Å². The standard InChI is InChI=1S/C6H5NO2S/c1-3-2-4-5(10-3)9-6(8)7-4/h2H,1H3,(H,7,8). The Kier molecular flexibility index (Phi) is 0.990. The molecule has 2 rings (SSSR count). The topological polar surface area (TPSA) is 46.0 Å². The van der Waals surface area contributed by atoms with E-state index in [0.717, 1.165) is 10.4 Å². The third-order valence-electron chi connectivity index (χ3n) is 1.24. The van der Waals surface area contributed by atoms with Gasteiger partial charge in [0, 0.05) is 4.88 Å². The summed E-state index contributed by atoms with van der Waals surface area (Å²) in [6, 6.07) is 1.89. The maximum Gasteiger partial charge on any atom is 0.418 e. The highest BCUT2D eigenvalue weighted by Crippen LogP contribution is 2.21. The van der Waals surface area contributed by atoms with Crippen molar-refractivity contribution >= 4 is 21.8 Å². The van der Waals surface area contributed by atoms with Crippen LogP contribution < -0.4 is 5.76 Å². The van der Waals surface area contributed by atoms with E-state index < -0.39 is 0 Å². The summed E-state index contributed by atoms with van der Waals surface area (Å²) in [6.45, 7) is 1.97. The molecule has 10 heavy (non-hydrogen) atoms. The molecule has 1 N–H and O–H groups in total. The highest BCUT2D eigenvalue weighted by atomic mass is 32.1. The van der Waals surface area contributed by atoms with Crippen LogP contribution in [0.5, 0.6) is 0 Å². The van der Waals surface area contributed by atoms with E-state index in [0.29, 0.717) is 4.90 Å². The number of H-pyrrole nitrogens is 1. The first kappa shape index (κ1) is 5.73. The Morgan fingerprint density at radius 2 is 2.50 bits per heavy atom. The molecule has 52 valence electrons. The van der Waals surface area contributed by atoms with E-state index in [9.17, 15) is 4.79 Å². The molecule has 0 aromatic carbocycles. The molecular weight excluding hydrogens is 150 g/mol. The SMILES string of the molecule is Cc1cc2[nH]c(=O)oc2s1. The molecular formula is C6H5NO2S. The number of fused-ring (bicyclic) bond motifs is 1. The number of nitrogens with one attached hydrogen (secondary N) is 1. The average molecular weight is 155 g/mol. The van der Waals surface area contributed by atoms with Crippen LogP contribution in [0.15, 0.2) is 15.3 Å². The van der Waals surface area contributed by atoms with Crippen LogP contribution in [0.3, 0.4) is 0 Å². The summed E-state index contributed by atoms with van der Waals surface area (Å²) in [4.78, 5) is 14.9. The van der Waals surface area contributed by atoms with Crippen molar-refractivity contribution in [2.24, 2.45) is 0 Å². The Morgan fingerprint density at radius 3 is 3.20 bits per heavy atom. The fourth-order valence-corrected chi connectivity index (χ4v) is 1.68. The molecule has 2 aromatic rings. The van der Waals surface area contributed by atoms with Gasteiger partial charge in [-0.2, -0.15) is 0 Å². The van der Waals surface area contributed by atoms with Gasteiger partial charge < -0.3 is 4.42 Å². The molecule has 0 bridgehead atoms. The van der Waals surface area contributed by atoms with Gasteiger partial charge in [-0.1, -0.05) is 0 Å². The fourth-order valence-electron chi connectivity index (χ4n) is 0.875. The number of thiophene rings is 1. The van der Waals surface area contributed by atoms with Crippen LogP contribution in [-0.2, 0) is 0 Å². The van der Waals surface area contributed by atoms with Crippen LogP contribution in [-0.4, -0.2) is 4.98 Å². The van der Waals surface area contributed by atoms with Gasteiger partial charge in [-0.3, -0.25) is 4.98 Å². The van der Waals surface area contributed by atoms with E-state index in [4.69, 9.17) is 4.42 Å². The van der Waals surface area contributed by atoms with E-state index in [-0.39, 0.29) is 5.76 Å². The molecule has 0 amide bonds. The third kappa shape index (κ3) is 0.690. The van der Waals surface area contributed by atoms with Crippen molar-refractivity contribution in [2.45, 2.75) is 6.92 Å². The molecule has 0 saturated carbocycles. The lowest BCUT2D eigenvalue weighted by atomic mass is 10.5. The van der Waals surface area contributed by atoms with Crippen LogP contribution in [0.1, 0.15) is 4.88 Å². The van der Waals surface area contributed by atoms with E-state index in [1.54, 1.807) is 0 Å². The monoisotopic (exact) mass is 155 g/mol. The highest BCUT2D eigenvalue weighted by molar-refractivity contribution is 7.18. The quantitative estimate of drug-likeness (QED) is 0.626. The summed E-state index contributed by atoms with van der Waals surface area (Å²) in [5.41, 5.74) is 0.799. The largest absolute Gasteiger partial charge is 0.418 e. The van der Waals surface area contributed by atoms with Crippen LogP contribution in [0.2, 0.25) is 0 Å². The molecule has 3 nitrogen and oxygen atoms in total. The number of hydrogen-bond donors (Lipinski definition) is 1. The molecule has 2 heterocycles. The number of oxazole rings is 1. The zero-order valence-corrected chi connectivity index (χ0v) is 6.12. The van der Waals surface area contributed by atoms with Gasteiger partial charge in [0.15, 0.2) is 0 Å². The first-order valence-electron chi connectivity index (χ1n) is 2.85. The molecule has 0 spiro atoms. The molecule has 0 unspecified atom stereocenters. The molecule has 0 aliphatic heterocycles. The molecule has 4 heteroatoms. The summed E-state index contributed by atoms with van der Waals surface area (Å²) in [5.74, 6) is -0.374. The minimum Gasteiger partial charge on any atom is -0.397 e. The lowest BCUT2D eigenvalue weighted by Crippen LogP contribution is -1.93. The second-order valence-electron chi connectivity index (χ2n) is 2.07. The summed E-state index contributed by atoms with van der Waals surface area (Å²) in [6.07, 6.45) is 0. The first-order valence-corrected chi connectivity index (χ1v) is 3.66. The van der Waals surface area contributed by atoms with Crippen LogP contribution >= 0.6 is 11.3 Å². The van der Waals surface area contributed by atoms with Gasteiger partial charge in [-0.25, -0.2) is 4.79 Å². The summed E-state index contributed by atoms with van der Waals surface area (Å²) in [5, 5.41) is 0. The lowest BCUT2D eigenvalue weighted by molar-refractivity contribution is 0.561. The molecule has 0 saturated heterocycles. The van der Waals surface area contributed by atoms with Crippen molar-refractivity contribution in [1.29, 1.82) is 0 Å². The van der Waals surface area contributed by atoms with Crippen molar-refractivity contribution in [3.63, 3.8) is 0 Å².